The van der Waals surface area contributed by atoms with E-state index in [0.717, 1.165) is 4.90 Å². The molecule has 0 radical (unpaired) electrons. The zero-order valence-electron chi connectivity index (χ0n) is 16.5. The molecule has 0 aliphatic carbocycles. The average Bonchev–Trinajstić information content (AvgIpc) is 3.26. The van der Waals surface area contributed by atoms with Crippen LogP contribution >= 0.6 is 0 Å². The zero-order valence-corrected chi connectivity index (χ0v) is 16.5. The number of halogens is 1. The van der Waals surface area contributed by atoms with E-state index in [1.54, 1.807) is 37.3 Å². The smallest absolute Gasteiger partial charge is 0.325 e. The van der Waals surface area contributed by atoms with Crippen LogP contribution in [0.5, 0.6) is 11.5 Å². The summed E-state index contributed by atoms with van der Waals surface area (Å²) in [5.41, 5.74) is -0.208. The van der Waals surface area contributed by atoms with E-state index in [-0.39, 0.29) is 13.3 Å². The molecule has 9 heteroatoms. The van der Waals surface area contributed by atoms with Gasteiger partial charge >= 0.3 is 6.03 Å². The summed E-state index contributed by atoms with van der Waals surface area (Å²) >= 11 is 0. The molecule has 4 rings (SSSR count). The third-order valence-corrected chi connectivity index (χ3v) is 5.25. The van der Waals surface area contributed by atoms with Crippen LogP contribution in [0.2, 0.25) is 0 Å². The molecular weight excluding hydrogens is 393 g/mol. The summed E-state index contributed by atoms with van der Waals surface area (Å²) in [6.07, 6.45) is 0. The first-order chi connectivity index (χ1) is 14.3. The first kappa shape index (κ1) is 19.7. The Labute approximate surface area is 172 Å². The highest BCUT2D eigenvalue weighted by Gasteiger charge is 2.50. The number of fused-ring (bicyclic) bond motifs is 1. The Bertz CT molecular complexity index is 1040. The van der Waals surface area contributed by atoms with Crippen LogP contribution in [0.15, 0.2) is 42.5 Å². The minimum absolute atomic E-state index is 0.0914. The second kappa shape index (κ2) is 7.33. The molecule has 0 spiro atoms. The van der Waals surface area contributed by atoms with Crippen molar-refractivity contribution in [1.29, 1.82) is 0 Å². The maximum absolute atomic E-state index is 13.4. The molecule has 2 aromatic rings. The number of urea groups is 1. The van der Waals surface area contributed by atoms with Gasteiger partial charge in [0, 0.05) is 13.6 Å². The van der Waals surface area contributed by atoms with Crippen LogP contribution in [0.1, 0.15) is 18.1 Å². The van der Waals surface area contributed by atoms with E-state index in [1.807, 2.05) is 0 Å². The van der Waals surface area contributed by atoms with Gasteiger partial charge in [0.2, 0.25) is 12.7 Å². The SMILES string of the molecule is CN(Cc1cccc(F)c1)C(=O)CN1C(=O)N[C@](C)(c2ccc3c(c2)OCO3)C1=O. The Morgan fingerprint density at radius 1 is 1.20 bits per heavy atom. The van der Waals surface area contributed by atoms with E-state index >= 15 is 0 Å². The molecule has 156 valence electrons. The van der Waals surface area contributed by atoms with Gasteiger partial charge in [-0.15, -0.1) is 0 Å². The molecule has 1 fully saturated rings. The van der Waals surface area contributed by atoms with Gasteiger partial charge in [0.15, 0.2) is 11.5 Å². The summed E-state index contributed by atoms with van der Waals surface area (Å²) in [6.45, 7) is 1.40. The van der Waals surface area contributed by atoms with E-state index in [4.69, 9.17) is 9.47 Å². The first-order valence-corrected chi connectivity index (χ1v) is 9.30. The predicted molar refractivity (Wildman–Crippen MR) is 103 cm³/mol. The van der Waals surface area contributed by atoms with Gasteiger partial charge < -0.3 is 19.7 Å². The van der Waals surface area contributed by atoms with Gasteiger partial charge in [-0.3, -0.25) is 14.5 Å². The summed E-state index contributed by atoms with van der Waals surface area (Å²) in [6, 6.07) is 10.2. The fourth-order valence-corrected chi connectivity index (χ4v) is 3.50. The lowest BCUT2D eigenvalue weighted by atomic mass is 9.91. The summed E-state index contributed by atoms with van der Waals surface area (Å²) in [5, 5.41) is 2.66. The maximum Gasteiger partial charge on any atom is 0.325 e. The lowest BCUT2D eigenvalue weighted by molar-refractivity contribution is -0.138. The number of carbonyl (C=O) groups excluding carboxylic acids is 3. The molecule has 2 heterocycles. The van der Waals surface area contributed by atoms with Gasteiger partial charge in [0.25, 0.3) is 5.91 Å². The first-order valence-electron chi connectivity index (χ1n) is 9.30. The number of ether oxygens (including phenoxy) is 2. The van der Waals surface area contributed by atoms with E-state index in [2.05, 4.69) is 5.32 Å². The molecule has 2 aliphatic heterocycles. The minimum atomic E-state index is -1.33. The number of amides is 4. The molecule has 0 bridgehead atoms. The van der Waals surface area contributed by atoms with Crippen LogP contribution in [0, 0.1) is 5.82 Å². The van der Waals surface area contributed by atoms with Crippen molar-refractivity contribution in [2.45, 2.75) is 19.0 Å². The fraction of sp³-hybridized carbons (Fsp3) is 0.286. The molecule has 2 aromatic carbocycles. The molecule has 2 aliphatic rings. The van der Waals surface area contributed by atoms with Gasteiger partial charge in [0.05, 0.1) is 0 Å². The van der Waals surface area contributed by atoms with E-state index < -0.39 is 35.7 Å². The number of benzene rings is 2. The monoisotopic (exact) mass is 413 g/mol. The van der Waals surface area contributed by atoms with Crippen LogP contribution in [-0.4, -0.2) is 48.0 Å². The highest BCUT2D eigenvalue weighted by atomic mass is 19.1. The van der Waals surface area contributed by atoms with Gasteiger partial charge in [-0.25, -0.2) is 9.18 Å². The number of hydrogen-bond donors (Lipinski definition) is 1. The summed E-state index contributed by atoms with van der Waals surface area (Å²) in [5.74, 6) is -0.344. The van der Waals surface area contributed by atoms with Crippen molar-refractivity contribution in [2.24, 2.45) is 0 Å². The average molecular weight is 413 g/mol. The van der Waals surface area contributed by atoms with Crippen molar-refractivity contribution < 1.29 is 28.2 Å². The Balaban J connectivity index is 1.48. The van der Waals surface area contributed by atoms with Crippen LogP contribution in [-0.2, 0) is 21.7 Å². The third-order valence-electron chi connectivity index (χ3n) is 5.25. The van der Waals surface area contributed by atoms with Crippen molar-refractivity contribution in [3.05, 3.63) is 59.4 Å². The quantitative estimate of drug-likeness (QED) is 0.758. The normalized spacial score (nSPS) is 19.8. The van der Waals surface area contributed by atoms with Gasteiger partial charge in [-0.05, 0) is 42.3 Å². The standard InChI is InChI=1S/C21H20FN3O5/c1-21(14-6-7-16-17(9-14)30-12-29-16)19(27)25(20(28)23-21)11-18(26)24(2)10-13-4-3-5-15(22)8-13/h3-9H,10-12H2,1-2H3,(H,23,28)/t21-/m1/s1. The van der Waals surface area contributed by atoms with Crippen molar-refractivity contribution in [3.8, 4) is 11.5 Å². The predicted octanol–water partition coefficient (Wildman–Crippen LogP) is 1.98. The van der Waals surface area contributed by atoms with Gasteiger partial charge in [-0.1, -0.05) is 18.2 Å². The minimum Gasteiger partial charge on any atom is -0.454 e. The highest BCUT2D eigenvalue weighted by Crippen LogP contribution is 2.37. The molecule has 8 nitrogen and oxygen atoms in total. The molecule has 0 saturated carbocycles. The van der Waals surface area contributed by atoms with Crippen LogP contribution < -0.4 is 14.8 Å². The van der Waals surface area contributed by atoms with Crippen LogP contribution in [0.3, 0.4) is 0 Å². The van der Waals surface area contributed by atoms with Crippen molar-refractivity contribution in [3.63, 3.8) is 0 Å². The Kier molecular flexibility index (Phi) is 4.81. The number of rotatable bonds is 5. The third kappa shape index (κ3) is 3.42. The Morgan fingerprint density at radius 2 is 1.97 bits per heavy atom. The molecular formula is C21H20FN3O5. The lowest BCUT2D eigenvalue weighted by Crippen LogP contribution is -2.43. The van der Waals surface area contributed by atoms with E-state index in [9.17, 15) is 18.8 Å². The lowest BCUT2D eigenvalue weighted by Gasteiger charge is -2.23. The molecule has 0 unspecified atom stereocenters. The Hall–Kier alpha value is -3.62. The summed E-state index contributed by atoms with van der Waals surface area (Å²) < 4.78 is 24.0. The second-order valence-corrected chi connectivity index (χ2v) is 7.39. The topological polar surface area (TPSA) is 88.2 Å². The van der Waals surface area contributed by atoms with Crippen molar-refractivity contribution >= 4 is 17.8 Å². The zero-order chi connectivity index (χ0) is 21.5. The van der Waals surface area contributed by atoms with Gasteiger partial charge in [0.1, 0.15) is 17.9 Å². The van der Waals surface area contributed by atoms with Crippen LogP contribution in [0.4, 0.5) is 9.18 Å². The number of nitrogens with zero attached hydrogens (tertiary/aromatic N) is 2. The van der Waals surface area contributed by atoms with E-state index in [1.165, 1.54) is 24.1 Å². The highest BCUT2D eigenvalue weighted by molar-refractivity contribution is 6.09. The molecule has 4 amide bonds. The van der Waals surface area contributed by atoms with Gasteiger partial charge in [-0.2, -0.15) is 0 Å². The largest absolute Gasteiger partial charge is 0.454 e. The summed E-state index contributed by atoms with van der Waals surface area (Å²) in [4.78, 5) is 40.4. The molecule has 1 atom stereocenters. The number of nitrogens with one attached hydrogen (secondary N) is 1. The Morgan fingerprint density at radius 3 is 2.73 bits per heavy atom. The number of imide groups is 1. The number of hydrogen-bond acceptors (Lipinski definition) is 5. The maximum atomic E-state index is 13.4. The van der Waals surface area contributed by atoms with Crippen molar-refractivity contribution in [2.75, 3.05) is 20.4 Å². The molecule has 30 heavy (non-hydrogen) atoms. The fourth-order valence-electron chi connectivity index (χ4n) is 3.50. The van der Waals surface area contributed by atoms with Crippen LogP contribution in [0.25, 0.3) is 0 Å². The molecule has 1 N–H and O–H groups in total. The van der Waals surface area contributed by atoms with E-state index in [0.29, 0.717) is 22.6 Å². The summed E-state index contributed by atoms with van der Waals surface area (Å²) in [7, 11) is 1.53. The van der Waals surface area contributed by atoms with Crippen molar-refractivity contribution in [1.82, 2.24) is 15.1 Å². The number of carbonyl (C=O) groups is 3. The second-order valence-electron chi connectivity index (χ2n) is 7.39. The molecule has 1 saturated heterocycles. The molecule has 0 aromatic heterocycles. The number of likely N-dealkylation sites (N-methyl/N-ethyl adjacent to an activating group) is 1.